The summed E-state index contributed by atoms with van der Waals surface area (Å²) in [6, 6.07) is 0. The molecule has 0 aromatic rings. The molecule has 0 aromatic carbocycles. The van der Waals surface area contributed by atoms with Gasteiger partial charge in [0.15, 0.2) is 0 Å². The van der Waals surface area contributed by atoms with Gasteiger partial charge < -0.3 is 10.2 Å². The molecule has 3 nitrogen and oxygen atoms in total. The molecule has 0 heterocycles. The Morgan fingerprint density at radius 2 is 1.38 bits per heavy atom. The summed E-state index contributed by atoms with van der Waals surface area (Å²) in [6.07, 6.45) is -1.83. The summed E-state index contributed by atoms with van der Waals surface area (Å²) in [4.78, 5) is 8.56. The van der Waals surface area contributed by atoms with Crippen molar-refractivity contribution in [2.45, 2.75) is 0 Å². The third-order valence-electron chi connectivity index (χ3n) is 0.0476. The Morgan fingerprint density at radius 3 is 1.38 bits per heavy atom. The summed E-state index contributed by atoms with van der Waals surface area (Å²) >= 11 is 9.75. The van der Waals surface area contributed by atoms with Crippen molar-refractivity contribution in [2.75, 3.05) is 0 Å². The van der Waals surface area contributed by atoms with Gasteiger partial charge in [-0.05, 0) is 0 Å². The maximum atomic E-state index is 8.56. The molecule has 0 aliphatic heterocycles. The van der Waals surface area contributed by atoms with Gasteiger partial charge in [-0.3, -0.25) is 0 Å². The quantitative estimate of drug-likeness (QED) is 0.569. The summed E-state index contributed by atoms with van der Waals surface area (Å²) in [5.74, 6) is 0. The molecular formula is C3H4Cl2O3. The fourth-order valence-corrected chi connectivity index (χ4v) is 0. The number of hydrogen-bond donors (Lipinski definition) is 2. The van der Waals surface area contributed by atoms with Crippen molar-refractivity contribution in [3.8, 4) is 0 Å². The van der Waals surface area contributed by atoms with Gasteiger partial charge in [-0.2, -0.15) is 0 Å². The first-order valence-electron chi connectivity index (χ1n) is 1.42. The third kappa shape index (κ3) is 338. The number of carbonyl (C=O) groups is 1. The zero-order chi connectivity index (χ0) is 6.99. The first kappa shape index (κ1) is 10.5. The molecule has 8 heavy (non-hydrogen) atoms. The van der Waals surface area contributed by atoms with E-state index in [0.29, 0.717) is 0 Å². The van der Waals surface area contributed by atoms with Crippen molar-refractivity contribution >= 4 is 29.4 Å². The predicted molar refractivity (Wildman–Crippen MR) is 31.5 cm³/mol. The average Bonchev–Trinajstić information content (AvgIpc) is 1.65. The molecule has 0 bridgehead atoms. The van der Waals surface area contributed by atoms with Crippen LogP contribution in [0.2, 0.25) is 0 Å². The molecule has 0 saturated heterocycles. The highest BCUT2D eigenvalue weighted by atomic mass is 35.5. The molecule has 0 fully saturated rings. The maximum absolute atomic E-state index is 8.56. The first-order valence-corrected chi connectivity index (χ1v) is 2.29. The molecule has 0 amide bonds. The van der Waals surface area contributed by atoms with Crippen LogP contribution in [0.4, 0.5) is 4.79 Å². The Morgan fingerprint density at radius 1 is 1.25 bits per heavy atom. The summed E-state index contributed by atoms with van der Waals surface area (Å²) in [5.41, 5.74) is 2.48. The van der Waals surface area contributed by atoms with Crippen LogP contribution in [0.5, 0.6) is 0 Å². The second-order valence-electron chi connectivity index (χ2n) is 0.535. The van der Waals surface area contributed by atoms with Crippen molar-refractivity contribution in [3.63, 3.8) is 0 Å². The monoisotopic (exact) mass is 158 g/mol. The number of carboxylic acid groups (broad SMARTS) is 2. The van der Waals surface area contributed by atoms with E-state index in [2.05, 4.69) is 0 Å². The van der Waals surface area contributed by atoms with Gasteiger partial charge in [0.2, 0.25) is 0 Å². The minimum Gasteiger partial charge on any atom is -0.450 e. The SMILES string of the molecule is Cl/C=C\Cl.O=C(O)O. The van der Waals surface area contributed by atoms with Gasteiger partial charge in [0.05, 0.1) is 0 Å². The van der Waals surface area contributed by atoms with Gasteiger partial charge in [-0.1, -0.05) is 23.2 Å². The molecule has 48 valence electrons. The second kappa shape index (κ2) is 9.77. The van der Waals surface area contributed by atoms with E-state index in [1.807, 2.05) is 0 Å². The van der Waals surface area contributed by atoms with E-state index in [9.17, 15) is 0 Å². The molecule has 0 radical (unpaired) electrons. The minimum atomic E-state index is -1.83. The maximum Gasteiger partial charge on any atom is 0.503 e. The molecule has 0 unspecified atom stereocenters. The van der Waals surface area contributed by atoms with Gasteiger partial charge >= 0.3 is 6.16 Å². The zero-order valence-corrected chi connectivity index (χ0v) is 5.23. The van der Waals surface area contributed by atoms with Crippen molar-refractivity contribution in [2.24, 2.45) is 0 Å². The Hall–Kier alpha value is -0.410. The number of hydrogen-bond acceptors (Lipinski definition) is 1. The Balaban J connectivity index is 0. The van der Waals surface area contributed by atoms with E-state index < -0.39 is 6.16 Å². The van der Waals surface area contributed by atoms with Crippen LogP contribution in [0.1, 0.15) is 0 Å². The van der Waals surface area contributed by atoms with Crippen molar-refractivity contribution in [1.29, 1.82) is 0 Å². The van der Waals surface area contributed by atoms with Gasteiger partial charge in [-0.15, -0.1) is 0 Å². The molecule has 0 aromatic heterocycles. The van der Waals surface area contributed by atoms with E-state index in [-0.39, 0.29) is 0 Å². The largest absolute Gasteiger partial charge is 0.503 e. The standard InChI is InChI=1S/C2H2Cl2.CH2O3/c3-1-2-4;2-1(3)4/h1-2H;(H2,2,3,4)/b2-1-;. The highest BCUT2D eigenvalue weighted by molar-refractivity contribution is 6.33. The fourth-order valence-electron chi connectivity index (χ4n) is 0. The lowest BCUT2D eigenvalue weighted by atomic mass is 11.3. The highest BCUT2D eigenvalue weighted by Gasteiger charge is 1.70. The lowest BCUT2D eigenvalue weighted by Gasteiger charge is -1.60. The van der Waals surface area contributed by atoms with Crippen LogP contribution in [-0.4, -0.2) is 16.4 Å². The fraction of sp³-hybridized carbons (Fsp3) is 0. The molecule has 5 heteroatoms. The molecule has 2 N–H and O–H groups in total. The molecule has 0 saturated carbocycles. The average molecular weight is 159 g/mol. The van der Waals surface area contributed by atoms with E-state index in [1.54, 1.807) is 0 Å². The molecular weight excluding hydrogens is 155 g/mol. The lowest BCUT2D eigenvalue weighted by molar-refractivity contribution is 0.137. The summed E-state index contributed by atoms with van der Waals surface area (Å²) in [7, 11) is 0. The highest BCUT2D eigenvalue weighted by Crippen LogP contribution is 1.78. The number of halogens is 2. The molecule has 0 atom stereocenters. The van der Waals surface area contributed by atoms with Gasteiger partial charge in [0.1, 0.15) is 0 Å². The summed E-state index contributed by atoms with van der Waals surface area (Å²) < 4.78 is 0. The Bertz CT molecular complexity index is 72.6. The second-order valence-corrected chi connectivity index (χ2v) is 1.04. The first-order chi connectivity index (χ1) is 3.65. The molecule has 0 aliphatic carbocycles. The predicted octanol–water partition coefficient (Wildman–Crippen LogP) is 2.16. The van der Waals surface area contributed by atoms with Gasteiger partial charge in [0.25, 0.3) is 0 Å². The molecule has 0 spiro atoms. The van der Waals surface area contributed by atoms with Crippen LogP contribution in [0.25, 0.3) is 0 Å². The Labute approximate surface area is 56.1 Å². The number of rotatable bonds is 0. The van der Waals surface area contributed by atoms with E-state index in [1.165, 1.54) is 11.1 Å². The van der Waals surface area contributed by atoms with E-state index >= 15 is 0 Å². The minimum absolute atomic E-state index is 1.24. The summed E-state index contributed by atoms with van der Waals surface area (Å²) in [5, 5.41) is 13.9. The van der Waals surface area contributed by atoms with Crippen molar-refractivity contribution in [1.82, 2.24) is 0 Å². The van der Waals surface area contributed by atoms with Crippen LogP contribution in [0.15, 0.2) is 11.1 Å². The molecule has 0 aliphatic rings. The van der Waals surface area contributed by atoms with Crippen LogP contribution in [0, 0.1) is 0 Å². The van der Waals surface area contributed by atoms with Gasteiger partial charge in [-0.25, -0.2) is 4.79 Å². The zero-order valence-electron chi connectivity index (χ0n) is 3.71. The Kier molecular flexibility index (Phi) is 12.9. The lowest BCUT2D eigenvalue weighted by Crippen LogP contribution is -1.81. The smallest absolute Gasteiger partial charge is 0.450 e. The van der Waals surface area contributed by atoms with Crippen molar-refractivity contribution in [3.05, 3.63) is 11.1 Å². The van der Waals surface area contributed by atoms with Crippen LogP contribution >= 0.6 is 23.2 Å². The van der Waals surface area contributed by atoms with Crippen LogP contribution in [-0.2, 0) is 0 Å². The van der Waals surface area contributed by atoms with Crippen LogP contribution < -0.4 is 0 Å². The van der Waals surface area contributed by atoms with Crippen molar-refractivity contribution < 1.29 is 15.0 Å². The summed E-state index contributed by atoms with van der Waals surface area (Å²) in [6.45, 7) is 0. The van der Waals surface area contributed by atoms with Gasteiger partial charge in [0, 0.05) is 11.1 Å². The third-order valence-corrected chi connectivity index (χ3v) is 0.429. The van der Waals surface area contributed by atoms with E-state index in [4.69, 9.17) is 38.2 Å². The topological polar surface area (TPSA) is 57.5 Å². The normalized spacial score (nSPS) is 7.75. The molecule has 0 rings (SSSR count). The van der Waals surface area contributed by atoms with E-state index in [0.717, 1.165) is 0 Å². The van der Waals surface area contributed by atoms with Crippen LogP contribution in [0.3, 0.4) is 0 Å².